The summed E-state index contributed by atoms with van der Waals surface area (Å²) in [6, 6.07) is 29.5. The lowest BCUT2D eigenvalue weighted by atomic mass is 10.2. The first-order chi connectivity index (χ1) is 23.1. The Hall–Kier alpha value is -5.10. The number of esters is 1. The van der Waals surface area contributed by atoms with Crippen LogP contribution in [0.3, 0.4) is 0 Å². The summed E-state index contributed by atoms with van der Waals surface area (Å²) in [6.07, 6.45) is 1.24. The summed E-state index contributed by atoms with van der Waals surface area (Å²) in [5.41, 5.74) is 8.32. The number of nitrogens with two attached hydrogens (primary N) is 1. The van der Waals surface area contributed by atoms with Crippen molar-refractivity contribution in [1.82, 2.24) is 15.0 Å². The highest BCUT2D eigenvalue weighted by Crippen LogP contribution is 2.37. The number of nitrogens with zero attached hydrogens (tertiary/aromatic N) is 3. The third kappa shape index (κ3) is 6.52. The van der Waals surface area contributed by atoms with Crippen LogP contribution in [0.5, 0.6) is 0 Å². The number of oxazole rings is 3. The summed E-state index contributed by atoms with van der Waals surface area (Å²) in [4.78, 5) is 26.1. The molecule has 0 fully saturated rings. The molecule has 0 saturated carbocycles. The van der Waals surface area contributed by atoms with Crippen molar-refractivity contribution in [1.29, 1.82) is 0 Å². The number of ether oxygens (including phenoxy) is 1. The van der Waals surface area contributed by atoms with Crippen LogP contribution in [0.4, 0.5) is 0 Å². The van der Waals surface area contributed by atoms with E-state index in [0.717, 1.165) is 15.9 Å². The van der Waals surface area contributed by atoms with E-state index in [9.17, 15) is 4.79 Å². The van der Waals surface area contributed by atoms with Crippen LogP contribution < -0.4 is 16.1 Å². The molecule has 3 aromatic heterocycles. The smallest absolute Gasteiger partial charge is 0.360 e. The Kier molecular flexibility index (Phi) is 9.27. The van der Waals surface area contributed by atoms with Crippen LogP contribution in [0.25, 0.3) is 23.2 Å². The first-order valence-corrected chi connectivity index (χ1v) is 17.6. The van der Waals surface area contributed by atoms with Crippen LogP contribution in [0.2, 0.25) is 5.04 Å². The topological polar surface area (TPSA) is 140 Å². The Labute approximate surface area is 280 Å². The Balaban J connectivity index is 1.21. The summed E-state index contributed by atoms with van der Waals surface area (Å²) in [5, 5.41) is 2.10. The first kappa shape index (κ1) is 32.8. The molecule has 246 valence electrons. The molecule has 10 nitrogen and oxygen atoms in total. The fourth-order valence-corrected chi connectivity index (χ4v) is 10.4. The minimum atomic E-state index is -2.82. The van der Waals surface area contributed by atoms with Gasteiger partial charge in [-0.05, 0) is 34.8 Å². The Bertz CT molecular complexity index is 1940. The van der Waals surface area contributed by atoms with Crippen molar-refractivity contribution in [3.63, 3.8) is 0 Å². The molecule has 0 spiro atoms. The van der Waals surface area contributed by atoms with E-state index in [0.29, 0.717) is 28.8 Å². The number of carbonyl (C=O) groups is 1. The van der Waals surface area contributed by atoms with Crippen molar-refractivity contribution < 1.29 is 27.2 Å². The van der Waals surface area contributed by atoms with Crippen LogP contribution in [0, 0.1) is 13.8 Å². The molecule has 0 saturated heterocycles. The van der Waals surface area contributed by atoms with Crippen molar-refractivity contribution >= 4 is 24.7 Å². The average Bonchev–Trinajstić information content (AvgIpc) is 3.83. The molecule has 3 aromatic carbocycles. The van der Waals surface area contributed by atoms with Gasteiger partial charge in [-0.2, -0.15) is 0 Å². The van der Waals surface area contributed by atoms with E-state index in [2.05, 4.69) is 60.0 Å². The van der Waals surface area contributed by atoms with E-state index in [-0.39, 0.29) is 35.7 Å². The summed E-state index contributed by atoms with van der Waals surface area (Å²) in [6.45, 7) is 10.4. The van der Waals surface area contributed by atoms with Crippen LogP contribution in [-0.2, 0) is 15.8 Å². The quantitative estimate of drug-likeness (QED) is 0.120. The van der Waals surface area contributed by atoms with Gasteiger partial charge in [-0.15, -0.1) is 0 Å². The summed E-state index contributed by atoms with van der Waals surface area (Å²) in [5.74, 6) is 0.932. The number of rotatable bonds is 11. The highest BCUT2D eigenvalue weighted by molar-refractivity contribution is 6.99. The second kappa shape index (κ2) is 13.6. The van der Waals surface area contributed by atoms with E-state index in [1.807, 2.05) is 66.7 Å². The molecule has 0 aliphatic heterocycles. The largest absolute Gasteiger partial charge is 0.456 e. The zero-order chi connectivity index (χ0) is 33.9. The van der Waals surface area contributed by atoms with Gasteiger partial charge in [0.1, 0.15) is 30.4 Å². The van der Waals surface area contributed by atoms with E-state index in [1.165, 1.54) is 6.26 Å². The van der Waals surface area contributed by atoms with Gasteiger partial charge < -0.3 is 28.1 Å². The van der Waals surface area contributed by atoms with E-state index in [1.54, 1.807) is 13.8 Å². The Morgan fingerprint density at radius 3 is 1.96 bits per heavy atom. The van der Waals surface area contributed by atoms with Gasteiger partial charge in [0.2, 0.25) is 17.7 Å². The van der Waals surface area contributed by atoms with Crippen LogP contribution >= 0.6 is 0 Å². The predicted octanol–water partition coefficient (Wildman–Crippen LogP) is 6.53. The van der Waals surface area contributed by atoms with Gasteiger partial charge in [0, 0.05) is 0 Å². The Morgan fingerprint density at radius 2 is 1.35 bits per heavy atom. The predicted molar refractivity (Wildman–Crippen MR) is 183 cm³/mol. The second-order valence-corrected chi connectivity index (χ2v) is 16.9. The van der Waals surface area contributed by atoms with Gasteiger partial charge in [-0.25, -0.2) is 19.7 Å². The zero-order valence-corrected chi connectivity index (χ0v) is 28.6. The van der Waals surface area contributed by atoms with Crippen molar-refractivity contribution in [3.05, 3.63) is 126 Å². The van der Waals surface area contributed by atoms with Crippen LogP contribution in [-0.4, -0.2) is 35.8 Å². The summed E-state index contributed by atoms with van der Waals surface area (Å²) >= 11 is 0. The normalized spacial score (nSPS) is 12.6. The van der Waals surface area contributed by atoms with E-state index >= 15 is 0 Å². The molecule has 0 aliphatic carbocycles. The molecule has 11 heteroatoms. The number of aryl methyl sites for hydroxylation is 2. The fraction of sp³-hybridized carbons (Fsp3) is 0.243. The fourth-order valence-electron chi connectivity index (χ4n) is 5.79. The minimum Gasteiger partial charge on any atom is -0.456 e. The molecular weight excluding hydrogens is 625 g/mol. The highest BCUT2D eigenvalue weighted by atomic mass is 28.4. The molecule has 0 amide bonds. The van der Waals surface area contributed by atoms with Crippen molar-refractivity contribution in [2.75, 3.05) is 6.61 Å². The molecule has 3 heterocycles. The molecule has 48 heavy (non-hydrogen) atoms. The molecule has 1 atom stereocenters. The third-order valence-corrected chi connectivity index (χ3v) is 13.2. The van der Waals surface area contributed by atoms with Gasteiger partial charge >= 0.3 is 5.97 Å². The zero-order valence-electron chi connectivity index (χ0n) is 27.6. The number of aromatic nitrogens is 3. The maximum Gasteiger partial charge on any atom is 0.360 e. The lowest BCUT2D eigenvalue weighted by Crippen LogP contribution is -2.67. The van der Waals surface area contributed by atoms with Gasteiger partial charge in [-0.3, -0.25) is 0 Å². The minimum absolute atomic E-state index is 0.0247. The van der Waals surface area contributed by atoms with Gasteiger partial charge in [0.05, 0.1) is 6.61 Å². The van der Waals surface area contributed by atoms with Crippen molar-refractivity contribution in [3.8, 4) is 23.2 Å². The van der Waals surface area contributed by atoms with Gasteiger partial charge in [0.25, 0.3) is 8.32 Å². The van der Waals surface area contributed by atoms with E-state index in [4.69, 9.17) is 28.1 Å². The third-order valence-electron chi connectivity index (χ3n) is 8.15. The number of hydrogen-bond acceptors (Lipinski definition) is 10. The molecule has 0 radical (unpaired) electrons. The van der Waals surface area contributed by atoms with Gasteiger partial charge in [0.15, 0.2) is 17.1 Å². The van der Waals surface area contributed by atoms with E-state index < -0.39 is 20.3 Å². The average molecular weight is 663 g/mol. The molecule has 6 aromatic rings. The summed E-state index contributed by atoms with van der Waals surface area (Å²) < 4.78 is 30.0. The first-order valence-electron chi connectivity index (χ1n) is 15.7. The molecule has 2 N–H and O–H groups in total. The lowest BCUT2D eigenvalue weighted by Gasteiger charge is -2.43. The number of hydrogen-bond donors (Lipinski definition) is 1. The molecular formula is C37H38N4O6Si. The second-order valence-electron chi connectivity index (χ2n) is 12.6. The van der Waals surface area contributed by atoms with Crippen LogP contribution in [0.1, 0.15) is 60.3 Å². The molecule has 0 bridgehead atoms. The van der Waals surface area contributed by atoms with Crippen LogP contribution in [0.15, 0.2) is 111 Å². The lowest BCUT2D eigenvalue weighted by molar-refractivity contribution is 0.0465. The standard InChI is InChI=1S/C37H38N4O6Si/c1-24-31(34-39-30(23-43-34)36(42)44-21-26-15-9-6-10-16-26)41-35(47-24)32-25(2)46-33(40-32)29(38)22-45-48(37(3,4)5,27-17-11-7-12-18-27)28-19-13-8-14-20-28/h6-20,23,29H,21-22,38H2,1-5H3/t29-/m0/s1. The molecule has 6 rings (SSSR count). The van der Waals surface area contributed by atoms with Crippen molar-refractivity contribution in [2.24, 2.45) is 5.73 Å². The summed E-state index contributed by atoms with van der Waals surface area (Å²) in [7, 11) is -2.82. The number of benzene rings is 3. The SMILES string of the molecule is Cc1oc(-c2nc([C@@H](N)CO[Si](c3ccccc3)(c3ccccc3)C(C)(C)C)oc2C)nc1-c1nc(C(=O)OCc2ccccc2)co1. The number of carbonyl (C=O) groups excluding carboxylic acids is 1. The molecule has 0 aliphatic rings. The molecule has 0 unspecified atom stereocenters. The maximum absolute atomic E-state index is 12.6. The Morgan fingerprint density at radius 1 is 0.792 bits per heavy atom. The van der Waals surface area contributed by atoms with Gasteiger partial charge in [-0.1, -0.05) is 112 Å². The monoisotopic (exact) mass is 662 g/mol. The highest BCUT2D eigenvalue weighted by Gasteiger charge is 2.50. The van der Waals surface area contributed by atoms with Crippen molar-refractivity contribution in [2.45, 2.75) is 52.3 Å². The maximum atomic E-state index is 12.6.